The molecule has 0 atom stereocenters. The maximum atomic E-state index is 13.5. The Morgan fingerprint density at radius 2 is 0.606 bits per heavy atom. The van der Waals surface area contributed by atoms with Crippen LogP contribution in [0, 0.1) is 17.8 Å². The van der Waals surface area contributed by atoms with Gasteiger partial charge in [0.2, 0.25) is 41.3 Å². The number of aromatic hydroxyl groups is 1. The molecule has 0 aliphatic rings. The number of alkyl halides is 6. The number of nitrogens with two attached hydrogens (primary N) is 4. The average Bonchev–Trinajstić information content (AvgIpc) is 1.67. The SMILES string of the molecule is CC(C)C(=O)NCc1cnc(C(F)F)c(C(=O)Nc2ccc3oc(-c4ccc(Cl)cc4)nc3c2)c1.CC(C)C(=O)NCc1cnc(C(F)F)c(C(=O)Nc2ccc3oc(-c4ccc(Cl)cc4)nc3c2)c1.CC(C)C(=O)NCc1cnc(C(F)F)c(C(=O)O)c1.Nc1ccc(O)c(N)c1.Nc1ccc2oc(-c3ccc(Cl)cc3)nc2c1.Nc1ccc2oc(-c3ccc(Cl)cc3)nc2c1.O=C(O)c1ccc(Cl)cc1. The minimum Gasteiger partial charge on any atom is -0.506 e. The van der Waals surface area contributed by atoms with Crippen LogP contribution in [-0.4, -0.2) is 91.7 Å². The Hall–Kier alpha value is -16.2. The van der Waals surface area contributed by atoms with Crippen molar-refractivity contribution in [1.82, 2.24) is 50.8 Å². The van der Waals surface area contributed by atoms with E-state index < -0.39 is 65.7 Å². The van der Waals surface area contributed by atoms with Gasteiger partial charge in [-0.05, 0) is 247 Å². The predicted molar refractivity (Wildman–Crippen MR) is 532 cm³/mol. The van der Waals surface area contributed by atoms with Gasteiger partial charge >= 0.3 is 11.9 Å². The molecule has 5 amide bonds. The number of fused-ring (bicyclic) bond motifs is 4. The van der Waals surface area contributed by atoms with Gasteiger partial charge < -0.3 is 82.5 Å². The summed E-state index contributed by atoms with van der Waals surface area (Å²) in [7, 11) is 0. The van der Waals surface area contributed by atoms with Crippen LogP contribution in [0.2, 0.25) is 25.1 Å². The van der Waals surface area contributed by atoms with Crippen molar-refractivity contribution < 1.29 is 92.9 Å². The first kappa shape index (κ1) is 106. The van der Waals surface area contributed by atoms with Crippen LogP contribution in [0.1, 0.15) is 136 Å². The number of anilines is 6. The lowest BCUT2D eigenvalue weighted by molar-refractivity contribution is -0.124. The lowest BCUT2D eigenvalue weighted by atomic mass is 10.1. The second-order valence-electron chi connectivity index (χ2n) is 31.6. The molecule has 41 heteroatoms. The normalized spacial score (nSPS) is 10.9. The maximum absolute atomic E-state index is 13.5. The highest BCUT2D eigenvalue weighted by molar-refractivity contribution is 6.32. The number of rotatable bonds is 22. The number of carboxylic acids is 2. The van der Waals surface area contributed by atoms with Crippen molar-refractivity contribution >= 4 is 178 Å². The van der Waals surface area contributed by atoms with Crippen molar-refractivity contribution in [3.8, 4) is 51.6 Å². The van der Waals surface area contributed by atoms with Crippen LogP contribution in [0.15, 0.2) is 267 Å². The maximum Gasteiger partial charge on any atom is 0.337 e. The zero-order valence-corrected chi connectivity index (χ0v) is 79.5. The molecule has 0 saturated carbocycles. The second-order valence-corrected chi connectivity index (χ2v) is 33.8. The van der Waals surface area contributed by atoms with Crippen LogP contribution in [0.3, 0.4) is 0 Å². The summed E-state index contributed by atoms with van der Waals surface area (Å²) in [6.45, 7) is 10.5. The summed E-state index contributed by atoms with van der Waals surface area (Å²) in [6, 6.07) is 63.3. The number of amides is 5. The van der Waals surface area contributed by atoms with Crippen molar-refractivity contribution in [2.45, 2.75) is 80.5 Å². The van der Waals surface area contributed by atoms with Crippen LogP contribution < -0.4 is 49.5 Å². The molecule has 7 aromatic heterocycles. The number of nitrogens with zero attached hydrogens (tertiary/aromatic N) is 7. The van der Waals surface area contributed by atoms with E-state index in [0.29, 0.717) is 122 Å². The van der Waals surface area contributed by atoms with E-state index in [1.165, 1.54) is 48.8 Å². The third-order valence-corrected chi connectivity index (χ3v) is 21.1. The molecule has 0 saturated heterocycles. The lowest BCUT2D eigenvalue weighted by Crippen LogP contribution is -2.27. The van der Waals surface area contributed by atoms with Crippen LogP contribution in [0.25, 0.3) is 90.2 Å². The summed E-state index contributed by atoms with van der Waals surface area (Å²) in [6.07, 6.45) is -5.28. The highest BCUT2D eigenvalue weighted by Crippen LogP contribution is 2.35. The first-order chi connectivity index (χ1) is 67.6. The predicted octanol–water partition coefficient (Wildman–Crippen LogP) is 24.1. The third-order valence-electron chi connectivity index (χ3n) is 19.9. The van der Waals surface area contributed by atoms with Crippen molar-refractivity contribution in [2.75, 3.05) is 33.6 Å². The minimum absolute atomic E-state index is 0.0494. The average molecular weight is 2040 g/mol. The lowest BCUT2D eigenvalue weighted by Gasteiger charge is -2.12. The Bertz CT molecular complexity index is 7010. The number of nitrogens with one attached hydrogen (secondary N) is 5. The number of phenolic OH excluding ortho intramolecular Hbond substituents is 1. The molecule has 10 aromatic carbocycles. The molecule has 0 fully saturated rings. The summed E-state index contributed by atoms with van der Waals surface area (Å²) >= 11 is 29.0. The highest BCUT2D eigenvalue weighted by Gasteiger charge is 2.26. The molecule has 7 heterocycles. The smallest absolute Gasteiger partial charge is 0.337 e. The molecule has 16 N–H and O–H groups in total. The molecule has 17 rings (SSSR count). The fraction of sp³-hybridized carbons (Fsp3) is 0.149. The van der Waals surface area contributed by atoms with Gasteiger partial charge in [0.1, 0.15) is 44.9 Å². The van der Waals surface area contributed by atoms with E-state index >= 15 is 0 Å². The Labute approximate surface area is 830 Å². The van der Waals surface area contributed by atoms with Gasteiger partial charge in [-0.3, -0.25) is 38.9 Å². The number of carboxylic acid groups (broad SMARTS) is 2. The number of halogens is 11. The van der Waals surface area contributed by atoms with E-state index in [0.717, 1.165) is 56.7 Å². The largest absolute Gasteiger partial charge is 0.506 e. The van der Waals surface area contributed by atoms with Gasteiger partial charge in [0.25, 0.3) is 31.1 Å². The van der Waals surface area contributed by atoms with Crippen molar-refractivity contribution in [3.63, 3.8) is 0 Å². The molecular weight excluding hydrogens is 1950 g/mol. The molecule has 0 aliphatic carbocycles. The first-order valence-corrected chi connectivity index (χ1v) is 44.5. The van der Waals surface area contributed by atoms with Gasteiger partial charge in [-0.1, -0.05) is 99.5 Å². The number of carbonyl (C=O) groups excluding carboxylic acids is 5. The molecule has 0 aliphatic heterocycles. The Balaban J connectivity index is 0.000000166. The molecule has 142 heavy (non-hydrogen) atoms. The molecule has 30 nitrogen and oxygen atoms in total. The number of aromatic carboxylic acids is 2. The third kappa shape index (κ3) is 30.2. The number of aromatic nitrogens is 7. The topological polar surface area (TPSA) is 487 Å². The molecule has 0 unspecified atom stereocenters. The van der Waals surface area contributed by atoms with Crippen LogP contribution in [0.5, 0.6) is 5.75 Å². The summed E-state index contributed by atoms with van der Waals surface area (Å²) in [5.41, 5.74) is 31.4. The number of benzene rings is 10. The summed E-state index contributed by atoms with van der Waals surface area (Å²) in [4.78, 5) is 111. The number of carbonyl (C=O) groups is 7. The van der Waals surface area contributed by atoms with Crippen LogP contribution >= 0.6 is 58.0 Å². The number of hydrogen-bond donors (Lipinski definition) is 12. The molecule has 0 spiro atoms. The van der Waals surface area contributed by atoms with Gasteiger partial charge in [-0.2, -0.15) is 0 Å². The number of nitrogen functional groups attached to an aromatic ring is 4. The fourth-order valence-corrected chi connectivity index (χ4v) is 13.0. The Morgan fingerprint density at radius 1 is 0.338 bits per heavy atom. The van der Waals surface area contributed by atoms with E-state index in [4.69, 9.17) is 114 Å². The minimum atomic E-state index is -2.95. The Morgan fingerprint density at radius 3 is 0.880 bits per heavy atom. The number of phenols is 1. The summed E-state index contributed by atoms with van der Waals surface area (Å²) in [5.74, 6) is -3.26. The highest BCUT2D eigenvalue weighted by atomic mass is 35.5. The molecule has 732 valence electrons. The van der Waals surface area contributed by atoms with Gasteiger partial charge in [-0.15, -0.1) is 0 Å². The first-order valence-electron chi connectivity index (χ1n) is 42.6. The van der Waals surface area contributed by atoms with Crippen LogP contribution in [-0.2, 0) is 34.0 Å². The molecule has 0 bridgehead atoms. The monoisotopic (exact) mass is 2040 g/mol. The number of oxazole rings is 4. The second kappa shape index (κ2) is 49.4. The van der Waals surface area contributed by atoms with Crippen molar-refractivity contribution in [2.24, 2.45) is 17.8 Å². The number of hydrogen-bond acceptors (Lipinski definition) is 23. The number of pyridine rings is 3. The molecule has 17 aromatic rings. The van der Waals surface area contributed by atoms with Crippen molar-refractivity contribution in [3.05, 3.63) is 330 Å². The standard InChI is InChI=1S/2C25H21ClF2N4O3.2C13H9ClN2O.C12H14F2N2O3.C7H5ClO2.C6H8N2O/c2*1-13(2)23(33)30-12-14-9-18(21(22(27)28)29-11-14)24(34)31-17-7-8-20-19(10-17)32-25(35-20)15-3-5-16(26)6-4-15;2*14-9-3-1-8(2-4-9)13-16-11-7-10(15)5-6-12(11)17-13;1-6(2)11(17)16-5-7-3-8(12(18)19)9(10(13)14)15-4-7;8-6-3-1-5(2-4-6)7(9)10;7-4-1-2-6(9)5(8)3-4/h2*3-11,13,22H,12H2,1-2H3,(H,30,33)(H,31,34);2*1-7H,15H2;3-4,6,10H,5H2,1-2H3,(H,16,17)(H,18,19);1-4H,(H,9,10);1-3,9H,7-8H2. The Kier molecular flexibility index (Phi) is 37.0. The summed E-state index contributed by atoms with van der Waals surface area (Å²) in [5, 5.41) is 42.4. The van der Waals surface area contributed by atoms with Gasteiger partial charge in [0.05, 0.1) is 27.9 Å². The van der Waals surface area contributed by atoms with E-state index in [9.17, 15) is 59.9 Å². The van der Waals surface area contributed by atoms with Gasteiger partial charge in [-0.25, -0.2) is 55.9 Å². The van der Waals surface area contributed by atoms with Gasteiger partial charge in [0, 0.05) is 132 Å². The summed E-state index contributed by atoms with van der Waals surface area (Å²) < 4.78 is 102. The van der Waals surface area contributed by atoms with Crippen molar-refractivity contribution in [1.29, 1.82) is 0 Å². The van der Waals surface area contributed by atoms with Crippen LogP contribution in [0.4, 0.5) is 60.5 Å². The zero-order chi connectivity index (χ0) is 103. The fourth-order valence-electron chi connectivity index (χ4n) is 12.4. The van der Waals surface area contributed by atoms with Gasteiger partial charge in [0.15, 0.2) is 22.3 Å². The zero-order valence-electron chi connectivity index (χ0n) is 75.7. The molecule has 0 radical (unpaired) electrons. The van der Waals surface area contributed by atoms with E-state index in [-0.39, 0.29) is 77.5 Å². The van der Waals surface area contributed by atoms with E-state index in [1.807, 2.05) is 36.4 Å². The van der Waals surface area contributed by atoms with E-state index in [2.05, 4.69) is 61.5 Å². The van der Waals surface area contributed by atoms with E-state index in [1.54, 1.807) is 193 Å². The quantitative estimate of drug-likeness (QED) is 0.0130. The molecular formula is C101H87Cl5F6N16O14.